The summed E-state index contributed by atoms with van der Waals surface area (Å²) in [7, 11) is 1.61. The average molecular weight is 449 g/mol. The summed E-state index contributed by atoms with van der Waals surface area (Å²) in [6.07, 6.45) is 3.48. The van der Waals surface area contributed by atoms with Gasteiger partial charge < -0.3 is 20.5 Å². The molecule has 2 aromatic carbocycles. The normalized spacial score (nSPS) is 13.3. The highest BCUT2D eigenvalue weighted by Gasteiger charge is 2.27. The predicted octanol–water partition coefficient (Wildman–Crippen LogP) is 4.64. The van der Waals surface area contributed by atoms with Gasteiger partial charge in [0.1, 0.15) is 11.5 Å². The molecule has 0 aliphatic heterocycles. The van der Waals surface area contributed by atoms with Crippen molar-refractivity contribution in [1.82, 2.24) is 15.1 Å². The Morgan fingerprint density at radius 3 is 2.52 bits per heavy atom. The molecule has 8 heteroatoms. The van der Waals surface area contributed by atoms with E-state index in [9.17, 15) is 14.7 Å². The number of methoxy groups -OCH3 is 1. The predicted molar refractivity (Wildman–Crippen MR) is 125 cm³/mol. The van der Waals surface area contributed by atoms with Crippen LogP contribution in [0.1, 0.15) is 49.8 Å². The molecule has 1 heterocycles. The molecule has 1 aliphatic rings. The summed E-state index contributed by atoms with van der Waals surface area (Å²) in [5.74, 6) is 0.886. The molecule has 1 aliphatic carbocycles. The van der Waals surface area contributed by atoms with Crippen molar-refractivity contribution in [3.8, 4) is 22.8 Å². The third kappa shape index (κ3) is 5.00. The maximum absolute atomic E-state index is 13.0. The van der Waals surface area contributed by atoms with Crippen molar-refractivity contribution in [3.05, 3.63) is 59.8 Å². The topological polar surface area (TPSA) is 105 Å². The van der Waals surface area contributed by atoms with Crippen LogP contribution in [0.25, 0.3) is 11.3 Å². The zero-order valence-corrected chi connectivity index (χ0v) is 18.8. The second-order valence-corrected chi connectivity index (χ2v) is 8.13. The van der Waals surface area contributed by atoms with Gasteiger partial charge in [0.2, 0.25) is 5.91 Å². The number of amides is 2. The number of ether oxygens (including phenoxy) is 1. The molecule has 0 spiro atoms. The van der Waals surface area contributed by atoms with E-state index in [0.29, 0.717) is 29.9 Å². The molecule has 2 amide bonds. The molecular formula is C25H28N4O4. The number of anilines is 1. The van der Waals surface area contributed by atoms with Crippen molar-refractivity contribution < 1.29 is 19.4 Å². The van der Waals surface area contributed by atoms with Gasteiger partial charge in [0.15, 0.2) is 0 Å². The molecule has 0 atom stereocenters. The Kier molecular flexibility index (Phi) is 6.63. The van der Waals surface area contributed by atoms with Gasteiger partial charge in [-0.15, -0.1) is 0 Å². The van der Waals surface area contributed by atoms with Crippen LogP contribution in [-0.2, 0) is 11.3 Å². The summed E-state index contributed by atoms with van der Waals surface area (Å²) in [4.78, 5) is 24.6. The molecule has 3 aromatic rings. The molecule has 1 saturated carbocycles. The van der Waals surface area contributed by atoms with Crippen LogP contribution in [0, 0.1) is 0 Å². The van der Waals surface area contributed by atoms with Gasteiger partial charge in [0.25, 0.3) is 0 Å². The van der Waals surface area contributed by atoms with Crippen LogP contribution in [-0.4, -0.2) is 33.9 Å². The van der Waals surface area contributed by atoms with Gasteiger partial charge in [-0.25, -0.2) is 4.79 Å². The van der Waals surface area contributed by atoms with Crippen molar-refractivity contribution in [1.29, 1.82) is 0 Å². The monoisotopic (exact) mass is 448 g/mol. The van der Waals surface area contributed by atoms with E-state index in [1.165, 1.54) is 10.7 Å². The smallest absolute Gasteiger partial charge is 0.342 e. The van der Waals surface area contributed by atoms with Gasteiger partial charge in [0.05, 0.1) is 18.5 Å². The molecule has 1 aromatic heterocycles. The standard InChI is InChI=1S/C25H28N4O4/c1-3-24(31)27-18-9-12-20(23(30)13-18)21-14-22(17-5-4-6-17)29(28-21)25(32)26-15-16-7-10-19(33-2)11-8-16/h7-14,17,30H,3-6,15H2,1-2H3,(H,26,32)(H,27,31). The number of rotatable bonds is 7. The van der Waals surface area contributed by atoms with Crippen LogP contribution < -0.4 is 15.4 Å². The largest absolute Gasteiger partial charge is 0.507 e. The quantitative estimate of drug-likeness (QED) is 0.488. The number of nitrogens with zero attached hydrogens (tertiary/aromatic N) is 2. The number of carbonyl (C=O) groups excluding carboxylic acids is 2. The Balaban J connectivity index is 1.55. The van der Waals surface area contributed by atoms with E-state index in [0.717, 1.165) is 36.3 Å². The average Bonchev–Trinajstić information content (AvgIpc) is 3.21. The first kappa shape index (κ1) is 22.4. The van der Waals surface area contributed by atoms with E-state index >= 15 is 0 Å². The maximum atomic E-state index is 13.0. The third-order valence-corrected chi connectivity index (χ3v) is 5.93. The molecule has 0 saturated heterocycles. The molecular weight excluding hydrogens is 420 g/mol. The molecule has 1 fully saturated rings. The van der Waals surface area contributed by atoms with E-state index in [-0.39, 0.29) is 23.6 Å². The highest BCUT2D eigenvalue weighted by Crippen LogP contribution is 2.39. The minimum Gasteiger partial charge on any atom is -0.507 e. The number of benzene rings is 2. The fourth-order valence-corrected chi connectivity index (χ4v) is 3.76. The number of hydrogen-bond acceptors (Lipinski definition) is 5. The van der Waals surface area contributed by atoms with E-state index < -0.39 is 0 Å². The molecule has 0 radical (unpaired) electrons. The lowest BCUT2D eigenvalue weighted by atomic mass is 9.82. The van der Waals surface area contributed by atoms with Crippen molar-refractivity contribution >= 4 is 17.6 Å². The van der Waals surface area contributed by atoms with Gasteiger partial charge >= 0.3 is 6.03 Å². The zero-order valence-electron chi connectivity index (χ0n) is 18.8. The van der Waals surface area contributed by atoms with Crippen LogP contribution in [0.3, 0.4) is 0 Å². The summed E-state index contributed by atoms with van der Waals surface area (Å²) in [6, 6.07) is 14.0. The lowest BCUT2D eigenvalue weighted by Crippen LogP contribution is -2.31. The lowest BCUT2D eigenvalue weighted by Gasteiger charge is -2.25. The van der Waals surface area contributed by atoms with Crippen molar-refractivity contribution in [3.63, 3.8) is 0 Å². The summed E-state index contributed by atoms with van der Waals surface area (Å²) < 4.78 is 6.58. The Morgan fingerprint density at radius 2 is 1.91 bits per heavy atom. The Bertz CT molecular complexity index is 1150. The molecule has 0 bridgehead atoms. The van der Waals surface area contributed by atoms with Crippen LogP contribution in [0.2, 0.25) is 0 Å². The van der Waals surface area contributed by atoms with Gasteiger partial charge in [0, 0.05) is 36.2 Å². The fraction of sp³-hybridized carbons (Fsp3) is 0.320. The number of hydrogen-bond donors (Lipinski definition) is 3. The molecule has 4 rings (SSSR count). The van der Waals surface area contributed by atoms with E-state index in [1.54, 1.807) is 26.2 Å². The highest BCUT2D eigenvalue weighted by molar-refractivity contribution is 5.91. The SMILES string of the molecule is CCC(=O)Nc1ccc(-c2cc(C3CCC3)n(C(=O)NCc3ccc(OC)cc3)n2)c(O)c1. The number of carbonyl (C=O) groups is 2. The summed E-state index contributed by atoms with van der Waals surface area (Å²) in [5, 5.41) is 20.7. The number of phenols is 1. The summed E-state index contributed by atoms with van der Waals surface area (Å²) in [6.45, 7) is 2.12. The Labute approximate surface area is 192 Å². The molecule has 33 heavy (non-hydrogen) atoms. The number of aromatic hydroxyl groups is 1. The second-order valence-electron chi connectivity index (χ2n) is 8.13. The van der Waals surface area contributed by atoms with Crippen molar-refractivity contribution in [2.45, 2.75) is 45.1 Å². The van der Waals surface area contributed by atoms with E-state index in [2.05, 4.69) is 15.7 Å². The highest BCUT2D eigenvalue weighted by atomic mass is 16.5. The van der Waals surface area contributed by atoms with Crippen molar-refractivity contribution in [2.24, 2.45) is 0 Å². The van der Waals surface area contributed by atoms with Crippen molar-refractivity contribution in [2.75, 3.05) is 12.4 Å². The molecule has 3 N–H and O–H groups in total. The molecule has 8 nitrogen and oxygen atoms in total. The van der Waals surface area contributed by atoms with Crippen LogP contribution in [0.4, 0.5) is 10.5 Å². The molecule has 172 valence electrons. The fourth-order valence-electron chi connectivity index (χ4n) is 3.76. The van der Waals surface area contributed by atoms with Crippen LogP contribution in [0.5, 0.6) is 11.5 Å². The third-order valence-electron chi connectivity index (χ3n) is 5.93. The second kappa shape index (κ2) is 9.77. The molecule has 0 unspecified atom stereocenters. The number of phenolic OH excluding ortho intramolecular Hbond substituents is 1. The lowest BCUT2D eigenvalue weighted by molar-refractivity contribution is -0.115. The Morgan fingerprint density at radius 1 is 1.15 bits per heavy atom. The zero-order chi connectivity index (χ0) is 23.4. The van der Waals surface area contributed by atoms with Gasteiger partial charge in [-0.2, -0.15) is 9.78 Å². The van der Waals surface area contributed by atoms with Gasteiger partial charge in [-0.3, -0.25) is 4.79 Å². The van der Waals surface area contributed by atoms with E-state index in [4.69, 9.17) is 4.74 Å². The minimum atomic E-state index is -0.315. The summed E-state index contributed by atoms with van der Waals surface area (Å²) >= 11 is 0. The van der Waals surface area contributed by atoms with Crippen LogP contribution in [0.15, 0.2) is 48.5 Å². The Hall–Kier alpha value is -3.81. The first-order valence-electron chi connectivity index (χ1n) is 11.1. The minimum absolute atomic E-state index is 0.00708. The number of aromatic nitrogens is 2. The first-order valence-corrected chi connectivity index (χ1v) is 11.1. The maximum Gasteiger partial charge on any atom is 0.342 e. The van der Waals surface area contributed by atoms with E-state index in [1.807, 2.05) is 30.3 Å². The van der Waals surface area contributed by atoms with Gasteiger partial charge in [-0.05, 0) is 48.7 Å². The van der Waals surface area contributed by atoms with Gasteiger partial charge in [-0.1, -0.05) is 25.5 Å². The van der Waals surface area contributed by atoms with Crippen LogP contribution >= 0.6 is 0 Å². The first-order chi connectivity index (χ1) is 16.0. The number of nitrogens with one attached hydrogen (secondary N) is 2. The summed E-state index contributed by atoms with van der Waals surface area (Å²) in [5.41, 5.74) is 3.32.